The van der Waals surface area contributed by atoms with E-state index >= 15 is 0 Å². The molecule has 9 heteroatoms. The smallest absolute Gasteiger partial charge is 0.334 e. The first-order chi connectivity index (χ1) is 9.23. The maximum atomic E-state index is 11.9. The summed E-state index contributed by atoms with van der Waals surface area (Å²) in [5.41, 5.74) is -0.202. The van der Waals surface area contributed by atoms with E-state index in [2.05, 4.69) is 5.32 Å². The van der Waals surface area contributed by atoms with Gasteiger partial charge in [-0.1, -0.05) is 0 Å². The van der Waals surface area contributed by atoms with Crippen LogP contribution in [0.3, 0.4) is 0 Å². The van der Waals surface area contributed by atoms with E-state index in [0.717, 1.165) is 6.07 Å². The third-order valence-corrected chi connectivity index (χ3v) is 2.57. The van der Waals surface area contributed by atoms with Gasteiger partial charge in [-0.2, -0.15) is 0 Å². The van der Waals surface area contributed by atoms with Crippen LogP contribution in [0.5, 0.6) is 0 Å². The van der Waals surface area contributed by atoms with E-state index in [9.17, 15) is 19.7 Å². The van der Waals surface area contributed by atoms with Gasteiger partial charge in [-0.15, -0.1) is 0 Å². The molecule has 20 heavy (non-hydrogen) atoms. The highest BCUT2D eigenvalue weighted by Crippen LogP contribution is 2.20. The molecule has 0 fully saturated rings. The molecule has 0 bridgehead atoms. The minimum absolute atomic E-state index is 0.0317. The molecule has 0 aliphatic carbocycles. The monoisotopic (exact) mass is 285 g/mol. The van der Waals surface area contributed by atoms with E-state index in [1.165, 1.54) is 10.8 Å². The van der Waals surface area contributed by atoms with Crippen LogP contribution in [0.15, 0.2) is 12.3 Å². The predicted octanol–water partition coefficient (Wildman–Crippen LogP) is 0.152. The number of aliphatic hydroxyl groups is 1. The van der Waals surface area contributed by atoms with E-state index in [0.29, 0.717) is 0 Å². The number of rotatable bonds is 6. The van der Waals surface area contributed by atoms with Crippen molar-refractivity contribution in [2.24, 2.45) is 0 Å². The minimum atomic E-state index is -1.73. The molecule has 1 amide bonds. The van der Waals surface area contributed by atoms with Crippen molar-refractivity contribution in [2.75, 3.05) is 6.54 Å². The van der Waals surface area contributed by atoms with Gasteiger partial charge in [0.2, 0.25) is 0 Å². The van der Waals surface area contributed by atoms with E-state index in [1.807, 2.05) is 0 Å². The Labute approximate surface area is 114 Å². The number of hydrogen-bond acceptors (Lipinski definition) is 5. The third-order valence-electron chi connectivity index (χ3n) is 2.57. The molecule has 0 saturated carbocycles. The fourth-order valence-corrected chi connectivity index (χ4v) is 1.54. The summed E-state index contributed by atoms with van der Waals surface area (Å²) in [6, 6.07) is 0.913. The molecule has 0 radical (unpaired) electrons. The number of nitro groups is 1. The Kier molecular flexibility index (Phi) is 4.81. The number of amides is 1. The second kappa shape index (κ2) is 6.15. The number of carboxylic acids is 1. The normalized spacial score (nSPS) is 12.2. The molecule has 0 aliphatic heterocycles. The van der Waals surface area contributed by atoms with Crippen LogP contribution in [-0.4, -0.2) is 44.2 Å². The molecular formula is C11H15N3O6. The van der Waals surface area contributed by atoms with Gasteiger partial charge >= 0.3 is 5.97 Å². The summed E-state index contributed by atoms with van der Waals surface area (Å²) in [5, 5.41) is 30.5. The maximum Gasteiger partial charge on any atom is 0.334 e. The van der Waals surface area contributed by atoms with Crippen molar-refractivity contribution in [1.29, 1.82) is 0 Å². The molecule has 110 valence electrons. The molecule has 3 N–H and O–H groups in total. The molecule has 1 rings (SSSR count). The summed E-state index contributed by atoms with van der Waals surface area (Å²) >= 11 is 0. The number of carbonyl (C=O) groups excluding carboxylic acids is 1. The molecule has 0 spiro atoms. The Morgan fingerprint density at radius 3 is 2.55 bits per heavy atom. The Balaban J connectivity index is 2.91. The highest BCUT2D eigenvalue weighted by atomic mass is 16.6. The molecule has 0 aliphatic rings. The van der Waals surface area contributed by atoms with Gasteiger partial charge < -0.3 is 20.1 Å². The van der Waals surface area contributed by atoms with Crippen LogP contribution in [0.25, 0.3) is 0 Å². The lowest BCUT2D eigenvalue weighted by molar-refractivity contribution is -0.384. The topological polar surface area (TPSA) is 135 Å². The predicted molar refractivity (Wildman–Crippen MR) is 67.4 cm³/mol. The molecule has 0 saturated heterocycles. The first kappa shape index (κ1) is 15.6. The van der Waals surface area contributed by atoms with Gasteiger partial charge in [-0.25, -0.2) is 4.79 Å². The molecule has 1 heterocycles. The number of carbonyl (C=O) groups is 2. The number of hydrogen-bond donors (Lipinski definition) is 3. The zero-order chi connectivity index (χ0) is 15.4. The molecule has 0 aromatic carbocycles. The van der Waals surface area contributed by atoms with E-state index in [1.54, 1.807) is 13.8 Å². The van der Waals surface area contributed by atoms with Crippen molar-refractivity contribution in [3.05, 3.63) is 28.1 Å². The quantitative estimate of drug-likeness (QED) is 0.503. The third kappa shape index (κ3) is 3.54. The Hall–Kier alpha value is -2.42. The largest absolute Gasteiger partial charge is 0.479 e. The van der Waals surface area contributed by atoms with Crippen molar-refractivity contribution >= 4 is 17.6 Å². The lowest BCUT2D eigenvalue weighted by atomic mass is 10.3. The zero-order valence-electron chi connectivity index (χ0n) is 10.9. The van der Waals surface area contributed by atoms with Crippen molar-refractivity contribution in [3.8, 4) is 0 Å². The van der Waals surface area contributed by atoms with Gasteiger partial charge in [0.25, 0.3) is 11.6 Å². The van der Waals surface area contributed by atoms with Crippen molar-refractivity contribution in [1.82, 2.24) is 9.88 Å². The molecule has 9 nitrogen and oxygen atoms in total. The van der Waals surface area contributed by atoms with Gasteiger partial charge in [0, 0.05) is 12.1 Å². The Bertz CT molecular complexity index is 536. The van der Waals surface area contributed by atoms with Gasteiger partial charge in [0.1, 0.15) is 5.69 Å². The summed E-state index contributed by atoms with van der Waals surface area (Å²) < 4.78 is 1.40. The number of aromatic nitrogens is 1. The highest BCUT2D eigenvalue weighted by Gasteiger charge is 2.22. The second-order valence-corrected chi connectivity index (χ2v) is 4.41. The van der Waals surface area contributed by atoms with Gasteiger partial charge in [-0.05, 0) is 13.8 Å². The van der Waals surface area contributed by atoms with E-state index < -0.39 is 29.4 Å². The summed E-state index contributed by atoms with van der Waals surface area (Å²) in [4.78, 5) is 32.4. The SMILES string of the molecule is CC(C)n1cc([N+](=O)[O-])cc1C(=O)NC[C@H](O)C(=O)O. The lowest BCUT2D eigenvalue weighted by Gasteiger charge is -2.12. The number of nitrogens with zero attached hydrogens (tertiary/aromatic N) is 2. The summed E-state index contributed by atoms with van der Waals surface area (Å²) in [6.45, 7) is 3.00. The number of nitrogens with one attached hydrogen (secondary N) is 1. The highest BCUT2D eigenvalue weighted by molar-refractivity contribution is 5.94. The Morgan fingerprint density at radius 2 is 2.10 bits per heavy atom. The first-order valence-electron chi connectivity index (χ1n) is 5.79. The zero-order valence-corrected chi connectivity index (χ0v) is 10.9. The summed E-state index contributed by atoms with van der Waals surface area (Å²) in [5.74, 6) is -2.15. The van der Waals surface area contributed by atoms with Crippen LogP contribution in [0, 0.1) is 10.1 Å². The minimum Gasteiger partial charge on any atom is -0.479 e. The first-order valence-corrected chi connectivity index (χ1v) is 5.79. The Morgan fingerprint density at radius 1 is 1.50 bits per heavy atom. The summed E-state index contributed by atoms with van der Waals surface area (Å²) in [6.07, 6.45) is -0.496. The summed E-state index contributed by atoms with van der Waals surface area (Å²) in [7, 11) is 0. The maximum absolute atomic E-state index is 11.9. The molecular weight excluding hydrogens is 270 g/mol. The van der Waals surface area contributed by atoms with E-state index in [4.69, 9.17) is 10.2 Å². The van der Waals surface area contributed by atoms with Gasteiger partial charge in [-0.3, -0.25) is 14.9 Å². The second-order valence-electron chi connectivity index (χ2n) is 4.41. The lowest BCUT2D eigenvalue weighted by Crippen LogP contribution is -2.37. The van der Waals surface area contributed by atoms with Crippen LogP contribution >= 0.6 is 0 Å². The van der Waals surface area contributed by atoms with Crippen LogP contribution < -0.4 is 5.32 Å². The molecule has 1 atom stereocenters. The standard InChI is InChI=1S/C11H15N3O6/c1-6(2)13-5-7(14(19)20)3-8(13)10(16)12-4-9(15)11(17)18/h3,5-6,9,15H,4H2,1-2H3,(H,12,16)(H,17,18)/t9-/m0/s1. The number of carboxylic acid groups (broad SMARTS) is 1. The van der Waals surface area contributed by atoms with Crippen LogP contribution in [0.4, 0.5) is 5.69 Å². The number of aliphatic carboxylic acids is 1. The fourth-order valence-electron chi connectivity index (χ4n) is 1.54. The average Bonchev–Trinajstić information content (AvgIpc) is 2.80. The number of aliphatic hydroxyl groups excluding tert-OH is 1. The van der Waals surface area contributed by atoms with Crippen molar-refractivity contribution < 1.29 is 24.7 Å². The van der Waals surface area contributed by atoms with Crippen LogP contribution in [0.2, 0.25) is 0 Å². The van der Waals surface area contributed by atoms with Crippen LogP contribution in [0.1, 0.15) is 30.4 Å². The van der Waals surface area contributed by atoms with Gasteiger partial charge in [0.15, 0.2) is 6.10 Å². The molecule has 0 unspecified atom stereocenters. The average molecular weight is 285 g/mol. The molecule has 1 aromatic heterocycles. The van der Waals surface area contributed by atoms with Crippen LogP contribution in [-0.2, 0) is 4.79 Å². The molecule has 1 aromatic rings. The van der Waals surface area contributed by atoms with Gasteiger partial charge in [0.05, 0.1) is 17.7 Å². The van der Waals surface area contributed by atoms with Crippen molar-refractivity contribution in [3.63, 3.8) is 0 Å². The fraction of sp³-hybridized carbons (Fsp3) is 0.455. The van der Waals surface area contributed by atoms with E-state index in [-0.39, 0.29) is 17.4 Å². The van der Waals surface area contributed by atoms with Crippen molar-refractivity contribution in [2.45, 2.75) is 26.0 Å².